The van der Waals surface area contributed by atoms with Gasteiger partial charge < -0.3 is 14.6 Å². The summed E-state index contributed by atoms with van der Waals surface area (Å²) in [6.07, 6.45) is 3.42. The first-order chi connectivity index (χ1) is 12.5. The molecule has 2 bridgehead atoms. The van der Waals surface area contributed by atoms with Crippen molar-refractivity contribution in [3.8, 4) is 17.4 Å². The fourth-order valence-electron chi connectivity index (χ4n) is 5.68. The Balaban J connectivity index is 1.60. The fourth-order valence-corrected chi connectivity index (χ4v) is 5.68. The predicted octanol–water partition coefficient (Wildman–Crippen LogP) is 3.91. The third-order valence-corrected chi connectivity index (χ3v) is 6.84. The average Bonchev–Trinajstić information content (AvgIpc) is 3.38. The molecule has 4 aliphatic carbocycles. The molecule has 0 saturated heterocycles. The SMILES string of the molecule is Cc1cc(=O)oc2cc(-n3c(O)c4c(c3O)[C@@H]3CC[C@H]4[C@H]4C[C@H]43)ccc12. The molecule has 132 valence electrons. The molecule has 7 rings (SSSR count). The maximum atomic E-state index is 11.7. The van der Waals surface area contributed by atoms with Crippen molar-refractivity contribution < 1.29 is 14.6 Å². The van der Waals surface area contributed by atoms with Gasteiger partial charge in [-0.1, -0.05) is 0 Å². The average molecular weight is 349 g/mol. The van der Waals surface area contributed by atoms with Crippen LogP contribution in [-0.4, -0.2) is 14.8 Å². The normalized spacial score (nSPS) is 28.2. The first-order valence-corrected chi connectivity index (χ1v) is 9.26. The Kier molecular flexibility index (Phi) is 2.52. The second-order valence-corrected chi connectivity index (χ2v) is 8.09. The highest BCUT2D eigenvalue weighted by atomic mass is 16.4. The third-order valence-electron chi connectivity index (χ3n) is 6.84. The standard InChI is InChI=1S/C21H19NO4/c1-9-6-17(23)26-16-7-10(2-3-11(9)16)22-20(24)18-12-4-5-13(15-8-14(12)15)19(18)21(22)25/h2-3,6-7,12-15,24-25H,4-5,8H2,1H3/t12-,13+,14+,15-. The van der Waals surface area contributed by atoms with Crippen molar-refractivity contribution in [2.45, 2.75) is 38.0 Å². The molecule has 3 aromatic rings. The van der Waals surface area contributed by atoms with E-state index in [-0.39, 0.29) is 11.8 Å². The summed E-state index contributed by atoms with van der Waals surface area (Å²) in [5.74, 6) is 2.39. The van der Waals surface area contributed by atoms with E-state index in [4.69, 9.17) is 4.42 Å². The number of hydrogen-bond acceptors (Lipinski definition) is 4. The summed E-state index contributed by atoms with van der Waals surface area (Å²) in [5.41, 5.74) is 3.42. The molecule has 2 aromatic heterocycles. The summed E-state index contributed by atoms with van der Waals surface area (Å²) in [6, 6.07) is 6.91. The Hall–Kier alpha value is -2.69. The maximum absolute atomic E-state index is 11.7. The van der Waals surface area contributed by atoms with Crippen LogP contribution in [-0.2, 0) is 0 Å². The van der Waals surface area contributed by atoms with Gasteiger partial charge in [0, 0.05) is 28.6 Å². The van der Waals surface area contributed by atoms with E-state index in [2.05, 4.69) is 0 Å². The van der Waals surface area contributed by atoms with Crippen LogP contribution in [0.15, 0.2) is 33.5 Å². The number of rotatable bonds is 1. The van der Waals surface area contributed by atoms with E-state index in [1.54, 1.807) is 6.07 Å². The van der Waals surface area contributed by atoms with Crippen molar-refractivity contribution in [3.63, 3.8) is 0 Å². The van der Waals surface area contributed by atoms with Gasteiger partial charge >= 0.3 is 5.63 Å². The van der Waals surface area contributed by atoms with E-state index in [0.29, 0.717) is 34.9 Å². The Morgan fingerprint density at radius 2 is 1.69 bits per heavy atom. The van der Waals surface area contributed by atoms with E-state index in [9.17, 15) is 15.0 Å². The topological polar surface area (TPSA) is 75.6 Å². The zero-order valence-corrected chi connectivity index (χ0v) is 14.4. The minimum Gasteiger partial charge on any atom is -0.494 e. The molecule has 1 aromatic carbocycles. The Bertz CT molecular complexity index is 1120. The quantitative estimate of drug-likeness (QED) is 0.653. The third kappa shape index (κ3) is 1.64. The van der Waals surface area contributed by atoms with E-state index < -0.39 is 5.63 Å². The van der Waals surface area contributed by atoms with Crippen molar-refractivity contribution in [1.82, 2.24) is 4.57 Å². The van der Waals surface area contributed by atoms with Gasteiger partial charge in [0.25, 0.3) is 0 Å². The molecule has 26 heavy (non-hydrogen) atoms. The summed E-state index contributed by atoms with van der Waals surface area (Å²) in [6.45, 7) is 1.87. The second kappa shape index (κ2) is 4.53. The molecule has 2 fully saturated rings. The molecule has 0 unspecified atom stereocenters. The molecule has 0 radical (unpaired) electrons. The minimum atomic E-state index is -0.398. The molecule has 2 saturated carbocycles. The molecule has 0 aliphatic heterocycles. The molecule has 2 heterocycles. The van der Waals surface area contributed by atoms with Crippen LogP contribution in [0.1, 0.15) is 47.8 Å². The van der Waals surface area contributed by atoms with Crippen LogP contribution in [0.2, 0.25) is 0 Å². The van der Waals surface area contributed by atoms with E-state index in [0.717, 1.165) is 34.9 Å². The van der Waals surface area contributed by atoms with Crippen LogP contribution in [0.5, 0.6) is 11.8 Å². The van der Waals surface area contributed by atoms with E-state index in [1.807, 2.05) is 19.1 Å². The second-order valence-electron chi connectivity index (χ2n) is 8.09. The highest BCUT2D eigenvalue weighted by Gasteiger charge is 2.58. The molecule has 0 amide bonds. The summed E-state index contributed by atoms with van der Waals surface area (Å²) in [5, 5.41) is 22.8. The number of aromatic hydroxyl groups is 2. The molecular formula is C21H19NO4. The number of hydrogen-bond donors (Lipinski definition) is 2. The highest BCUT2D eigenvalue weighted by Crippen LogP contribution is 2.70. The van der Waals surface area contributed by atoms with Gasteiger partial charge in [0.2, 0.25) is 11.8 Å². The maximum Gasteiger partial charge on any atom is 0.336 e. The molecule has 4 atom stereocenters. The first kappa shape index (κ1) is 14.5. The van der Waals surface area contributed by atoms with Crippen molar-refractivity contribution in [1.29, 1.82) is 0 Å². The van der Waals surface area contributed by atoms with Crippen LogP contribution in [0.4, 0.5) is 0 Å². The Morgan fingerprint density at radius 3 is 2.35 bits per heavy atom. The van der Waals surface area contributed by atoms with E-state index in [1.165, 1.54) is 17.1 Å². The Morgan fingerprint density at radius 1 is 1.04 bits per heavy atom. The van der Waals surface area contributed by atoms with E-state index >= 15 is 0 Å². The van der Waals surface area contributed by atoms with Gasteiger partial charge in [-0.15, -0.1) is 0 Å². The van der Waals surface area contributed by atoms with Gasteiger partial charge in [0.1, 0.15) is 5.58 Å². The monoisotopic (exact) mass is 349 g/mol. The van der Waals surface area contributed by atoms with Crippen LogP contribution in [0.25, 0.3) is 16.7 Å². The summed E-state index contributed by atoms with van der Waals surface area (Å²) in [4.78, 5) is 11.7. The van der Waals surface area contributed by atoms with Crippen molar-refractivity contribution in [3.05, 3.63) is 51.4 Å². The van der Waals surface area contributed by atoms with Crippen molar-refractivity contribution in [2.75, 3.05) is 0 Å². The molecule has 0 spiro atoms. The first-order valence-electron chi connectivity index (χ1n) is 9.26. The fraction of sp³-hybridized carbons (Fsp3) is 0.381. The highest BCUT2D eigenvalue weighted by molar-refractivity contribution is 5.82. The summed E-state index contributed by atoms with van der Waals surface area (Å²) < 4.78 is 6.85. The van der Waals surface area contributed by atoms with Gasteiger partial charge in [-0.25, -0.2) is 4.79 Å². The zero-order chi connectivity index (χ0) is 17.7. The van der Waals surface area contributed by atoms with Gasteiger partial charge in [0.15, 0.2) is 0 Å². The molecule has 4 aliphatic rings. The van der Waals surface area contributed by atoms with Gasteiger partial charge in [-0.3, -0.25) is 4.57 Å². The number of fused-ring (bicyclic) bond motifs is 2. The lowest BCUT2D eigenvalue weighted by atomic mass is 9.68. The molecule has 5 nitrogen and oxygen atoms in total. The minimum absolute atomic E-state index is 0.145. The van der Waals surface area contributed by atoms with Crippen LogP contribution >= 0.6 is 0 Å². The van der Waals surface area contributed by atoms with Crippen LogP contribution in [0.3, 0.4) is 0 Å². The zero-order valence-electron chi connectivity index (χ0n) is 14.4. The number of nitrogens with zero attached hydrogens (tertiary/aromatic N) is 1. The van der Waals surface area contributed by atoms with Crippen LogP contribution in [0, 0.1) is 18.8 Å². The molecule has 2 N–H and O–H groups in total. The number of aryl methyl sites for hydroxylation is 1. The lowest BCUT2D eigenvalue weighted by molar-refractivity contribution is 0.322. The van der Waals surface area contributed by atoms with Crippen molar-refractivity contribution >= 4 is 11.0 Å². The smallest absolute Gasteiger partial charge is 0.336 e. The Labute approximate surface area is 149 Å². The summed E-state index contributed by atoms with van der Waals surface area (Å²) in [7, 11) is 0. The molecule has 5 heteroatoms. The van der Waals surface area contributed by atoms with Gasteiger partial charge in [-0.05, 0) is 67.6 Å². The van der Waals surface area contributed by atoms with Crippen LogP contribution < -0.4 is 5.63 Å². The summed E-state index contributed by atoms with van der Waals surface area (Å²) >= 11 is 0. The lowest BCUT2D eigenvalue weighted by Gasteiger charge is -2.35. The molecular weight excluding hydrogens is 330 g/mol. The number of aromatic nitrogens is 1. The largest absolute Gasteiger partial charge is 0.494 e. The van der Waals surface area contributed by atoms with Gasteiger partial charge in [-0.2, -0.15) is 0 Å². The number of benzene rings is 1. The van der Waals surface area contributed by atoms with Crippen molar-refractivity contribution in [2.24, 2.45) is 11.8 Å². The predicted molar refractivity (Wildman–Crippen MR) is 96.2 cm³/mol. The van der Waals surface area contributed by atoms with Gasteiger partial charge in [0.05, 0.1) is 5.69 Å². The lowest BCUT2D eigenvalue weighted by Crippen LogP contribution is -2.22.